The number of anilines is 1. The number of thiophene rings is 1. The van der Waals surface area contributed by atoms with Crippen LogP contribution >= 0.6 is 11.3 Å². The average Bonchev–Trinajstić information content (AvgIpc) is 3.07. The third kappa shape index (κ3) is 4.20. The SMILES string of the molecule is CCOC(=O)c1c(C2CC2)csc1NC(=O)CNC1(c2noc(C)n2)CCCC1. The van der Waals surface area contributed by atoms with Gasteiger partial charge in [0.25, 0.3) is 0 Å². The van der Waals surface area contributed by atoms with Gasteiger partial charge in [-0.3, -0.25) is 10.1 Å². The Morgan fingerprint density at radius 3 is 2.72 bits per heavy atom. The number of nitrogens with one attached hydrogen (secondary N) is 2. The fourth-order valence-electron chi connectivity index (χ4n) is 3.94. The number of hydrogen-bond acceptors (Lipinski definition) is 8. The van der Waals surface area contributed by atoms with E-state index in [9.17, 15) is 9.59 Å². The van der Waals surface area contributed by atoms with Gasteiger partial charge in [0.05, 0.1) is 24.3 Å². The van der Waals surface area contributed by atoms with E-state index in [-0.39, 0.29) is 18.4 Å². The third-order valence-electron chi connectivity index (χ3n) is 5.57. The normalized spacial score (nSPS) is 18.0. The van der Waals surface area contributed by atoms with Crippen LogP contribution in [0.1, 0.15) is 79.0 Å². The zero-order valence-corrected chi connectivity index (χ0v) is 17.6. The van der Waals surface area contributed by atoms with Gasteiger partial charge in [-0.2, -0.15) is 4.98 Å². The fraction of sp³-hybridized carbons (Fsp3) is 0.600. The quantitative estimate of drug-likeness (QED) is 0.632. The summed E-state index contributed by atoms with van der Waals surface area (Å²) in [4.78, 5) is 29.5. The number of esters is 1. The van der Waals surface area contributed by atoms with Crippen LogP contribution in [-0.4, -0.2) is 35.2 Å². The van der Waals surface area contributed by atoms with Crippen molar-refractivity contribution in [1.82, 2.24) is 15.5 Å². The van der Waals surface area contributed by atoms with Crippen LogP contribution in [0.15, 0.2) is 9.90 Å². The molecule has 0 atom stereocenters. The lowest BCUT2D eigenvalue weighted by Crippen LogP contribution is -2.44. The molecule has 2 heterocycles. The molecule has 9 heteroatoms. The molecule has 1 amide bonds. The molecule has 2 aliphatic carbocycles. The highest BCUT2D eigenvalue weighted by atomic mass is 32.1. The van der Waals surface area contributed by atoms with Crippen LogP contribution in [0.2, 0.25) is 0 Å². The number of aromatic nitrogens is 2. The Kier molecular flexibility index (Phi) is 5.69. The summed E-state index contributed by atoms with van der Waals surface area (Å²) in [5.74, 6) is 0.958. The Hall–Kier alpha value is -2.26. The fourth-order valence-corrected chi connectivity index (χ4v) is 4.99. The number of hydrogen-bond donors (Lipinski definition) is 2. The predicted molar refractivity (Wildman–Crippen MR) is 108 cm³/mol. The van der Waals surface area contributed by atoms with E-state index >= 15 is 0 Å². The summed E-state index contributed by atoms with van der Waals surface area (Å²) in [6, 6.07) is 0. The molecule has 0 bridgehead atoms. The highest BCUT2D eigenvalue weighted by Gasteiger charge is 2.40. The number of nitrogens with zero attached hydrogens (tertiary/aromatic N) is 2. The average molecular weight is 419 g/mol. The van der Waals surface area contributed by atoms with Crippen LogP contribution in [0.3, 0.4) is 0 Å². The first-order valence-corrected chi connectivity index (χ1v) is 11.0. The van der Waals surface area contributed by atoms with E-state index in [1.54, 1.807) is 13.8 Å². The van der Waals surface area contributed by atoms with Crippen molar-refractivity contribution < 1.29 is 18.8 Å². The maximum Gasteiger partial charge on any atom is 0.341 e. The lowest BCUT2D eigenvalue weighted by Gasteiger charge is -2.26. The third-order valence-corrected chi connectivity index (χ3v) is 6.48. The summed E-state index contributed by atoms with van der Waals surface area (Å²) < 4.78 is 10.4. The van der Waals surface area contributed by atoms with Gasteiger partial charge in [0.2, 0.25) is 11.8 Å². The van der Waals surface area contributed by atoms with E-state index in [1.165, 1.54) is 11.3 Å². The topological polar surface area (TPSA) is 106 Å². The zero-order valence-electron chi connectivity index (χ0n) is 16.7. The first kappa shape index (κ1) is 20.0. The maximum atomic E-state index is 12.7. The summed E-state index contributed by atoms with van der Waals surface area (Å²) in [6.07, 6.45) is 5.96. The summed E-state index contributed by atoms with van der Waals surface area (Å²) >= 11 is 1.38. The predicted octanol–water partition coefficient (Wildman–Crippen LogP) is 3.49. The molecule has 2 saturated carbocycles. The van der Waals surface area contributed by atoms with Crippen molar-refractivity contribution in [1.29, 1.82) is 0 Å². The van der Waals surface area contributed by atoms with Crippen molar-refractivity contribution >= 4 is 28.2 Å². The van der Waals surface area contributed by atoms with E-state index in [0.717, 1.165) is 44.1 Å². The summed E-state index contributed by atoms with van der Waals surface area (Å²) in [5, 5.41) is 12.9. The van der Waals surface area contributed by atoms with Crippen LogP contribution in [-0.2, 0) is 15.1 Å². The van der Waals surface area contributed by atoms with Crippen molar-refractivity contribution in [2.24, 2.45) is 0 Å². The second-order valence-electron chi connectivity index (χ2n) is 7.72. The molecule has 29 heavy (non-hydrogen) atoms. The zero-order chi connectivity index (χ0) is 20.4. The van der Waals surface area contributed by atoms with E-state index in [4.69, 9.17) is 9.26 Å². The van der Waals surface area contributed by atoms with E-state index < -0.39 is 5.54 Å². The summed E-state index contributed by atoms with van der Waals surface area (Å²) in [6.45, 7) is 3.95. The number of carbonyl (C=O) groups is 2. The van der Waals surface area contributed by atoms with Crippen LogP contribution in [0.25, 0.3) is 0 Å². The molecule has 0 aliphatic heterocycles. The lowest BCUT2D eigenvalue weighted by atomic mass is 9.96. The van der Waals surface area contributed by atoms with Crippen LogP contribution in [0.5, 0.6) is 0 Å². The Bertz CT molecular complexity index is 896. The number of ether oxygens (including phenoxy) is 1. The van der Waals surface area contributed by atoms with E-state index in [0.29, 0.717) is 34.8 Å². The van der Waals surface area contributed by atoms with Crippen molar-refractivity contribution in [3.8, 4) is 0 Å². The molecule has 8 nitrogen and oxygen atoms in total. The summed E-state index contributed by atoms with van der Waals surface area (Å²) in [5.41, 5.74) is 1.07. The van der Waals surface area contributed by atoms with Gasteiger partial charge in [-0.1, -0.05) is 18.0 Å². The second-order valence-corrected chi connectivity index (χ2v) is 8.60. The Balaban J connectivity index is 1.45. The number of aryl methyl sites for hydroxylation is 1. The molecule has 0 radical (unpaired) electrons. The van der Waals surface area contributed by atoms with Gasteiger partial charge in [-0.25, -0.2) is 4.79 Å². The number of rotatable bonds is 8. The van der Waals surface area contributed by atoms with Crippen molar-refractivity contribution in [2.75, 3.05) is 18.5 Å². The van der Waals surface area contributed by atoms with Gasteiger partial charge in [-0.05, 0) is 49.5 Å². The van der Waals surface area contributed by atoms with E-state index in [2.05, 4.69) is 20.8 Å². The largest absolute Gasteiger partial charge is 0.462 e. The van der Waals surface area contributed by atoms with Crippen molar-refractivity contribution in [3.63, 3.8) is 0 Å². The first-order valence-electron chi connectivity index (χ1n) is 10.2. The molecule has 0 saturated heterocycles. The highest BCUT2D eigenvalue weighted by molar-refractivity contribution is 7.15. The minimum absolute atomic E-state index is 0.104. The van der Waals surface area contributed by atoms with Crippen LogP contribution in [0.4, 0.5) is 5.00 Å². The Morgan fingerprint density at radius 1 is 1.34 bits per heavy atom. The molecule has 156 valence electrons. The molecule has 0 aromatic carbocycles. The molecule has 0 unspecified atom stereocenters. The molecule has 2 N–H and O–H groups in total. The van der Waals surface area contributed by atoms with Gasteiger partial charge >= 0.3 is 5.97 Å². The molecule has 2 fully saturated rings. The molecular weight excluding hydrogens is 392 g/mol. The minimum Gasteiger partial charge on any atom is -0.462 e. The van der Waals surface area contributed by atoms with Crippen LogP contribution in [0, 0.1) is 6.92 Å². The van der Waals surface area contributed by atoms with Gasteiger partial charge in [0, 0.05) is 6.92 Å². The van der Waals surface area contributed by atoms with Gasteiger partial charge < -0.3 is 14.6 Å². The molecule has 2 aromatic rings. The molecule has 4 rings (SSSR count). The molecular formula is C20H26N4O4S. The maximum absolute atomic E-state index is 12.7. The smallest absolute Gasteiger partial charge is 0.341 e. The minimum atomic E-state index is -0.437. The van der Waals surface area contributed by atoms with Gasteiger partial charge in [-0.15, -0.1) is 11.3 Å². The lowest BCUT2D eigenvalue weighted by molar-refractivity contribution is -0.115. The first-order chi connectivity index (χ1) is 14.0. The van der Waals surface area contributed by atoms with Crippen molar-refractivity contribution in [2.45, 2.75) is 63.8 Å². The van der Waals surface area contributed by atoms with E-state index in [1.807, 2.05) is 5.38 Å². The highest BCUT2D eigenvalue weighted by Crippen LogP contribution is 2.46. The molecule has 0 spiro atoms. The number of carbonyl (C=O) groups excluding carboxylic acids is 2. The summed E-state index contributed by atoms with van der Waals surface area (Å²) in [7, 11) is 0. The monoisotopic (exact) mass is 418 g/mol. The van der Waals surface area contributed by atoms with Gasteiger partial charge in [0.1, 0.15) is 5.00 Å². The van der Waals surface area contributed by atoms with Crippen LogP contribution < -0.4 is 10.6 Å². The Morgan fingerprint density at radius 2 is 2.10 bits per heavy atom. The molecule has 2 aromatic heterocycles. The van der Waals surface area contributed by atoms with Gasteiger partial charge in [0.15, 0.2) is 5.82 Å². The van der Waals surface area contributed by atoms with Crippen molar-refractivity contribution in [3.05, 3.63) is 28.2 Å². The Labute approximate surface area is 173 Å². The second kappa shape index (κ2) is 8.23. The number of amides is 1. The standard InChI is InChI=1S/C20H26N4O4S/c1-3-27-18(26)16-14(13-6-7-13)11-29-17(16)23-15(25)10-21-20(8-4-5-9-20)19-22-12(2)28-24-19/h11,13,21H,3-10H2,1-2H3,(H,23,25). The molecule has 2 aliphatic rings.